The lowest BCUT2D eigenvalue weighted by molar-refractivity contribution is -0.132. The third-order valence-corrected chi connectivity index (χ3v) is 3.89. The molecule has 108 valence electrons. The molecule has 1 aromatic carbocycles. The third kappa shape index (κ3) is 2.38. The number of ether oxygens (including phenoxy) is 1. The number of hydrogen-bond donors (Lipinski definition) is 0. The van der Waals surface area contributed by atoms with Crippen molar-refractivity contribution < 1.29 is 9.53 Å². The molecule has 0 radical (unpaired) electrons. The zero-order chi connectivity index (χ0) is 15.3. The first-order valence-corrected chi connectivity index (χ1v) is 7.11. The zero-order valence-corrected chi connectivity index (χ0v) is 12.8. The zero-order valence-electron chi connectivity index (χ0n) is 12.8. The highest BCUT2D eigenvalue weighted by molar-refractivity contribution is 6.08. The maximum atomic E-state index is 12.5. The molecule has 0 bridgehead atoms. The number of Topliss-reactive ketones (excluding diaryl/α,β-unsaturated/α-hetero) is 1. The van der Waals surface area contributed by atoms with Gasteiger partial charge in [-0.1, -0.05) is 18.2 Å². The van der Waals surface area contributed by atoms with E-state index in [4.69, 9.17) is 4.74 Å². The molecular weight excluding hydrogens is 262 g/mol. The number of benzene rings is 1. The average Bonchev–Trinajstić information content (AvgIpc) is 2.57. The fourth-order valence-corrected chi connectivity index (χ4v) is 2.92. The molecule has 0 saturated carbocycles. The van der Waals surface area contributed by atoms with Crippen molar-refractivity contribution in [2.45, 2.75) is 38.9 Å². The molecule has 0 N–H and O–H groups in total. The Morgan fingerprint density at radius 3 is 2.52 bits per heavy atom. The van der Waals surface area contributed by atoms with E-state index in [1.54, 1.807) is 6.20 Å². The van der Waals surface area contributed by atoms with Crippen LogP contribution in [-0.4, -0.2) is 22.0 Å². The van der Waals surface area contributed by atoms with Gasteiger partial charge in [-0.25, -0.2) is 0 Å². The molecule has 0 spiro atoms. The Hall–Kier alpha value is -2.00. The Kier molecular flexibility index (Phi) is 2.99. The molecule has 0 atom stereocenters. The molecule has 2 aromatic rings. The van der Waals surface area contributed by atoms with Crippen molar-refractivity contribution in [3.8, 4) is 0 Å². The van der Waals surface area contributed by atoms with Gasteiger partial charge in [0.2, 0.25) is 0 Å². The van der Waals surface area contributed by atoms with Crippen LogP contribution in [0.3, 0.4) is 0 Å². The average molecular weight is 281 g/mol. The van der Waals surface area contributed by atoms with Crippen LogP contribution in [0.5, 0.6) is 0 Å². The molecule has 21 heavy (non-hydrogen) atoms. The summed E-state index contributed by atoms with van der Waals surface area (Å²) in [4.78, 5) is 16.9. The number of fused-ring (bicyclic) bond motifs is 1. The first-order chi connectivity index (χ1) is 9.79. The smallest absolute Gasteiger partial charge is 0.192 e. The van der Waals surface area contributed by atoms with Crippen molar-refractivity contribution in [2.24, 2.45) is 0 Å². The van der Waals surface area contributed by atoms with Crippen molar-refractivity contribution in [3.63, 3.8) is 0 Å². The Morgan fingerprint density at radius 1 is 1.10 bits per heavy atom. The number of nitrogens with zero attached hydrogens (tertiary/aromatic N) is 1. The van der Waals surface area contributed by atoms with Gasteiger partial charge in [0.15, 0.2) is 5.78 Å². The van der Waals surface area contributed by atoms with Crippen LogP contribution in [0.15, 0.2) is 42.1 Å². The summed E-state index contributed by atoms with van der Waals surface area (Å²) < 4.78 is 5.89. The second-order valence-corrected chi connectivity index (χ2v) is 6.47. The van der Waals surface area contributed by atoms with E-state index < -0.39 is 11.2 Å². The molecule has 1 saturated heterocycles. The Labute approximate surface area is 124 Å². The van der Waals surface area contributed by atoms with Crippen LogP contribution in [0.1, 0.15) is 33.3 Å². The summed E-state index contributed by atoms with van der Waals surface area (Å²) in [5, 5.41) is 1.09. The highest BCUT2D eigenvalue weighted by atomic mass is 16.5. The molecule has 0 aliphatic carbocycles. The van der Waals surface area contributed by atoms with E-state index in [0.717, 1.165) is 16.5 Å². The molecule has 3 heteroatoms. The van der Waals surface area contributed by atoms with Crippen LogP contribution in [0, 0.1) is 0 Å². The Bertz CT molecular complexity index is 757. The molecule has 1 aliphatic rings. The fourth-order valence-electron chi connectivity index (χ4n) is 2.92. The van der Waals surface area contributed by atoms with Gasteiger partial charge in [-0.05, 0) is 51.5 Å². The number of hydrogen-bond acceptors (Lipinski definition) is 3. The monoisotopic (exact) mass is 281 g/mol. The molecule has 3 rings (SSSR count). The van der Waals surface area contributed by atoms with Gasteiger partial charge in [0, 0.05) is 17.2 Å². The summed E-state index contributed by atoms with van der Waals surface area (Å²) in [6.07, 6.45) is 3.70. The lowest BCUT2D eigenvalue weighted by Gasteiger charge is -2.22. The topological polar surface area (TPSA) is 39.2 Å². The Morgan fingerprint density at radius 2 is 1.86 bits per heavy atom. The van der Waals surface area contributed by atoms with Crippen LogP contribution in [-0.2, 0) is 9.53 Å². The number of rotatable bonds is 1. The van der Waals surface area contributed by atoms with Gasteiger partial charge < -0.3 is 4.74 Å². The van der Waals surface area contributed by atoms with Gasteiger partial charge in [-0.15, -0.1) is 0 Å². The van der Waals surface area contributed by atoms with Crippen LogP contribution >= 0.6 is 0 Å². The Balaban J connectivity index is 2.09. The molecule has 0 amide bonds. The molecule has 1 fully saturated rings. The molecular formula is C18H19NO2. The van der Waals surface area contributed by atoms with Gasteiger partial charge >= 0.3 is 0 Å². The maximum Gasteiger partial charge on any atom is 0.192 e. The third-order valence-electron chi connectivity index (χ3n) is 3.89. The summed E-state index contributed by atoms with van der Waals surface area (Å²) in [6, 6.07) is 9.96. The van der Waals surface area contributed by atoms with Crippen molar-refractivity contribution in [3.05, 3.63) is 47.7 Å². The lowest BCUT2D eigenvalue weighted by Crippen LogP contribution is -2.29. The van der Waals surface area contributed by atoms with Crippen LogP contribution in [0.2, 0.25) is 0 Å². The molecule has 3 nitrogen and oxygen atoms in total. The van der Waals surface area contributed by atoms with E-state index in [0.29, 0.717) is 5.57 Å². The highest BCUT2D eigenvalue weighted by Gasteiger charge is 2.49. The number of ketones is 1. The summed E-state index contributed by atoms with van der Waals surface area (Å²) in [5.74, 6) is 0.0496. The molecule has 2 heterocycles. The lowest BCUT2D eigenvalue weighted by atomic mass is 9.90. The normalized spacial score (nSPS) is 22.1. The molecule has 1 aromatic heterocycles. The van der Waals surface area contributed by atoms with Gasteiger partial charge in [0.25, 0.3) is 0 Å². The minimum Gasteiger partial charge on any atom is -0.357 e. The molecule has 0 unspecified atom stereocenters. The van der Waals surface area contributed by atoms with Crippen LogP contribution in [0.25, 0.3) is 17.0 Å². The number of aromatic nitrogens is 1. The van der Waals surface area contributed by atoms with E-state index in [2.05, 4.69) is 4.98 Å². The first kappa shape index (κ1) is 14.0. The molecule has 1 aliphatic heterocycles. The summed E-state index contributed by atoms with van der Waals surface area (Å²) >= 11 is 0. The maximum absolute atomic E-state index is 12.5. The van der Waals surface area contributed by atoms with Crippen molar-refractivity contribution in [1.82, 2.24) is 4.98 Å². The van der Waals surface area contributed by atoms with E-state index in [9.17, 15) is 4.79 Å². The predicted octanol–water partition coefficient (Wildman–Crippen LogP) is 3.77. The van der Waals surface area contributed by atoms with E-state index in [-0.39, 0.29) is 5.78 Å². The van der Waals surface area contributed by atoms with Crippen molar-refractivity contribution in [2.75, 3.05) is 0 Å². The second-order valence-electron chi connectivity index (χ2n) is 6.47. The number of carbonyl (C=O) groups excluding carboxylic acids is 1. The fraction of sp³-hybridized carbons (Fsp3) is 0.333. The summed E-state index contributed by atoms with van der Waals surface area (Å²) in [5.41, 5.74) is 1.28. The van der Waals surface area contributed by atoms with E-state index in [1.165, 1.54) is 0 Å². The highest BCUT2D eigenvalue weighted by Crippen LogP contribution is 2.39. The van der Waals surface area contributed by atoms with Gasteiger partial charge in [-0.3, -0.25) is 9.78 Å². The van der Waals surface area contributed by atoms with Crippen molar-refractivity contribution in [1.29, 1.82) is 0 Å². The predicted molar refractivity (Wildman–Crippen MR) is 84.0 cm³/mol. The minimum absolute atomic E-state index is 0.0496. The standard InChI is InChI=1S/C18H19NO2/c1-17(2)14(16(20)18(3,4)21-17)10-12-7-8-13-6-5-9-19-15(13)11-12/h5-11H,1-4H3/b14-10+. The van der Waals surface area contributed by atoms with Crippen LogP contribution in [0.4, 0.5) is 0 Å². The van der Waals surface area contributed by atoms with E-state index in [1.807, 2.05) is 64.1 Å². The quantitative estimate of drug-likeness (QED) is 0.747. The second kappa shape index (κ2) is 4.50. The minimum atomic E-state index is -0.759. The van der Waals surface area contributed by atoms with Gasteiger partial charge in [0.1, 0.15) is 5.60 Å². The van der Waals surface area contributed by atoms with Gasteiger partial charge in [-0.2, -0.15) is 0 Å². The largest absolute Gasteiger partial charge is 0.357 e. The summed E-state index contributed by atoms with van der Waals surface area (Å²) in [6.45, 7) is 7.51. The van der Waals surface area contributed by atoms with E-state index >= 15 is 0 Å². The number of carbonyl (C=O) groups is 1. The number of pyridine rings is 1. The summed E-state index contributed by atoms with van der Waals surface area (Å²) in [7, 11) is 0. The first-order valence-electron chi connectivity index (χ1n) is 7.11. The SMILES string of the molecule is CC1(C)OC(C)(C)/C(=C/c2ccc3cccnc3c2)C1=O. The van der Waals surface area contributed by atoms with Crippen molar-refractivity contribution >= 4 is 22.8 Å². The van der Waals surface area contributed by atoms with Gasteiger partial charge in [0.05, 0.1) is 11.1 Å². The van der Waals surface area contributed by atoms with Crippen LogP contribution < -0.4 is 0 Å².